The summed E-state index contributed by atoms with van der Waals surface area (Å²) in [4.78, 5) is 10.9. The monoisotopic (exact) mass is 286 g/mol. The highest BCUT2D eigenvalue weighted by atomic mass is 79.9. The molecule has 0 aliphatic heterocycles. The van der Waals surface area contributed by atoms with Crippen LogP contribution in [-0.2, 0) is 4.79 Å². The Kier molecular flexibility index (Phi) is 5.28. The van der Waals surface area contributed by atoms with Crippen LogP contribution in [-0.4, -0.2) is 12.0 Å². The molecule has 1 atom stereocenters. The molecule has 1 aromatic carbocycles. The number of hydrazine groups is 1. The number of amides is 1. The number of halogens is 1. The maximum atomic E-state index is 10.9. The lowest BCUT2D eigenvalue weighted by Crippen LogP contribution is -2.30. The van der Waals surface area contributed by atoms with Crippen LogP contribution in [0.1, 0.15) is 19.8 Å². The number of rotatable bonds is 5. The van der Waals surface area contributed by atoms with Gasteiger partial charge in [0.25, 0.3) is 0 Å². The summed E-state index contributed by atoms with van der Waals surface area (Å²) in [6.45, 7) is 1.92. The topological polar surface area (TPSA) is 64.4 Å². The molecule has 0 radical (unpaired) electrons. The zero-order valence-corrected chi connectivity index (χ0v) is 10.7. The van der Waals surface area contributed by atoms with E-state index in [4.69, 9.17) is 10.6 Å². The van der Waals surface area contributed by atoms with Gasteiger partial charge in [-0.15, -0.1) is 0 Å². The van der Waals surface area contributed by atoms with Gasteiger partial charge in [0.1, 0.15) is 5.75 Å². The maximum absolute atomic E-state index is 10.9. The summed E-state index contributed by atoms with van der Waals surface area (Å²) in [5, 5.41) is 0. The molecule has 1 unspecified atom stereocenters. The Morgan fingerprint density at radius 2 is 2.12 bits per heavy atom. The van der Waals surface area contributed by atoms with Crippen LogP contribution in [0.4, 0.5) is 0 Å². The number of nitrogens with two attached hydrogens (primary N) is 1. The number of ether oxygens (including phenoxy) is 1. The summed E-state index contributed by atoms with van der Waals surface area (Å²) in [5.41, 5.74) is 2.09. The van der Waals surface area contributed by atoms with Crippen molar-refractivity contribution in [1.82, 2.24) is 5.43 Å². The molecule has 0 saturated carbocycles. The number of hydrogen-bond acceptors (Lipinski definition) is 3. The van der Waals surface area contributed by atoms with E-state index in [1.165, 1.54) is 0 Å². The largest absolute Gasteiger partial charge is 0.491 e. The first kappa shape index (κ1) is 13.0. The third-order valence-corrected chi connectivity index (χ3v) is 2.62. The van der Waals surface area contributed by atoms with Gasteiger partial charge in [0.2, 0.25) is 5.91 Å². The summed E-state index contributed by atoms with van der Waals surface area (Å²) in [7, 11) is 0. The van der Waals surface area contributed by atoms with E-state index in [1.807, 2.05) is 31.2 Å². The molecule has 0 fully saturated rings. The van der Waals surface area contributed by atoms with Gasteiger partial charge < -0.3 is 4.74 Å². The Balaban J connectivity index is 2.36. The molecule has 1 aromatic rings. The Hall–Kier alpha value is -1.07. The molecule has 1 rings (SSSR count). The highest BCUT2D eigenvalue weighted by molar-refractivity contribution is 9.10. The Morgan fingerprint density at radius 1 is 1.50 bits per heavy atom. The van der Waals surface area contributed by atoms with E-state index >= 15 is 0 Å². The predicted octanol–water partition coefficient (Wildman–Crippen LogP) is 1.99. The van der Waals surface area contributed by atoms with Crippen LogP contribution in [0.2, 0.25) is 0 Å². The molecule has 88 valence electrons. The van der Waals surface area contributed by atoms with Gasteiger partial charge in [-0.1, -0.05) is 15.9 Å². The van der Waals surface area contributed by atoms with Crippen molar-refractivity contribution in [2.45, 2.75) is 25.9 Å². The predicted molar refractivity (Wildman–Crippen MR) is 65.8 cm³/mol. The minimum absolute atomic E-state index is 0.0153. The quantitative estimate of drug-likeness (QED) is 0.494. The van der Waals surface area contributed by atoms with Gasteiger partial charge in [-0.25, -0.2) is 5.84 Å². The molecule has 0 heterocycles. The van der Waals surface area contributed by atoms with E-state index in [-0.39, 0.29) is 12.0 Å². The van der Waals surface area contributed by atoms with Gasteiger partial charge in [0, 0.05) is 10.9 Å². The van der Waals surface area contributed by atoms with Crippen molar-refractivity contribution >= 4 is 21.8 Å². The average molecular weight is 287 g/mol. The van der Waals surface area contributed by atoms with E-state index in [9.17, 15) is 4.79 Å². The van der Waals surface area contributed by atoms with Gasteiger partial charge in [-0.3, -0.25) is 10.2 Å². The van der Waals surface area contributed by atoms with Crippen LogP contribution in [0.3, 0.4) is 0 Å². The van der Waals surface area contributed by atoms with Crippen molar-refractivity contribution < 1.29 is 9.53 Å². The zero-order valence-electron chi connectivity index (χ0n) is 9.07. The van der Waals surface area contributed by atoms with Crippen molar-refractivity contribution in [2.75, 3.05) is 0 Å². The van der Waals surface area contributed by atoms with Crippen LogP contribution < -0.4 is 16.0 Å². The fourth-order valence-electron chi connectivity index (χ4n) is 1.21. The van der Waals surface area contributed by atoms with Crippen LogP contribution in [0.5, 0.6) is 5.75 Å². The highest BCUT2D eigenvalue weighted by Gasteiger charge is 2.07. The first-order chi connectivity index (χ1) is 7.61. The second-order valence-corrected chi connectivity index (χ2v) is 4.40. The molecule has 0 saturated heterocycles. The lowest BCUT2D eigenvalue weighted by atomic mass is 10.2. The Labute approximate surface area is 103 Å². The van der Waals surface area contributed by atoms with Gasteiger partial charge in [-0.2, -0.15) is 0 Å². The first-order valence-electron chi connectivity index (χ1n) is 5.03. The summed E-state index contributed by atoms with van der Waals surface area (Å²) >= 11 is 3.35. The van der Waals surface area contributed by atoms with Crippen molar-refractivity contribution in [2.24, 2.45) is 5.84 Å². The Morgan fingerprint density at radius 3 is 2.69 bits per heavy atom. The fourth-order valence-corrected chi connectivity index (χ4v) is 1.48. The fraction of sp³-hybridized carbons (Fsp3) is 0.364. The standard InChI is InChI=1S/C11H15BrN2O2/c1-8(2-7-11(15)14-13)16-10-5-3-9(12)4-6-10/h3-6,8H,2,7,13H2,1H3,(H,14,15). The number of benzene rings is 1. The van der Waals surface area contributed by atoms with Crippen molar-refractivity contribution in [3.05, 3.63) is 28.7 Å². The summed E-state index contributed by atoms with van der Waals surface area (Å²) in [5.74, 6) is 5.60. The molecule has 16 heavy (non-hydrogen) atoms. The molecule has 0 aromatic heterocycles. The number of hydrogen-bond donors (Lipinski definition) is 2. The molecule has 3 N–H and O–H groups in total. The van der Waals surface area contributed by atoms with Crippen LogP contribution >= 0.6 is 15.9 Å². The minimum atomic E-state index is -0.175. The molecule has 0 aliphatic carbocycles. The molecule has 4 nitrogen and oxygen atoms in total. The third kappa shape index (κ3) is 4.63. The second kappa shape index (κ2) is 6.50. The van der Waals surface area contributed by atoms with E-state index in [0.717, 1.165) is 10.2 Å². The molecule has 0 bridgehead atoms. The van der Waals surface area contributed by atoms with Gasteiger partial charge in [0.05, 0.1) is 6.10 Å². The van der Waals surface area contributed by atoms with Gasteiger partial charge in [-0.05, 0) is 37.6 Å². The van der Waals surface area contributed by atoms with E-state index < -0.39 is 0 Å². The SMILES string of the molecule is CC(CCC(=O)NN)Oc1ccc(Br)cc1. The lowest BCUT2D eigenvalue weighted by Gasteiger charge is -2.14. The molecule has 0 spiro atoms. The second-order valence-electron chi connectivity index (χ2n) is 3.49. The van der Waals surface area contributed by atoms with E-state index in [0.29, 0.717) is 12.8 Å². The van der Waals surface area contributed by atoms with Crippen molar-refractivity contribution in [1.29, 1.82) is 0 Å². The van der Waals surface area contributed by atoms with Gasteiger partial charge in [0.15, 0.2) is 0 Å². The average Bonchev–Trinajstić information content (AvgIpc) is 2.29. The van der Waals surface area contributed by atoms with E-state index in [2.05, 4.69) is 21.4 Å². The lowest BCUT2D eigenvalue weighted by molar-refractivity contribution is -0.121. The normalized spacial score (nSPS) is 11.9. The molecule has 5 heteroatoms. The van der Waals surface area contributed by atoms with Crippen LogP contribution in [0, 0.1) is 0 Å². The number of nitrogens with one attached hydrogen (secondary N) is 1. The van der Waals surface area contributed by atoms with E-state index in [1.54, 1.807) is 0 Å². The highest BCUT2D eigenvalue weighted by Crippen LogP contribution is 2.18. The van der Waals surface area contributed by atoms with Crippen molar-refractivity contribution in [3.8, 4) is 5.75 Å². The summed E-state index contributed by atoms with van der Waals surface area (Å²) in [6.07, 6.45) is 0.992. The summed E-state index contributed by atoms with van der Waals surface area (Å²) < 4.78 is 6.63. The van der Waals surface area contributed by atoms with Crippen LogP contribution in [0.25, 0.3) is 0 Å². The molecule has 0 aliphatic rings. The molecular weight excluding hydrogens is 272 g/mol. The number of carbonyl (C=O) groups excluding carboxylic acids is 1. The maximum Gasteiger partial charge on any atom is 0.234 e. The van der Waals surface area contributed by atoms with Gasteiger partial charge >= 0.3 is 0 Å². The van der Waals surface area contributed by atoms with Crippen LogP contribution in [0.15, 0.2) is 28.7 Å². The third-order valence-electron chi connectivity index (χ3n) is 2.09. The Bertz CT molecular complexity index is 340. The first-order valence-corrected chi connectivity index (χ1v) is 5.83. The zero-order chi connectivity index (χ0) is 12.0. The smallest absolute Gasteiger partial charge is 0.234 e. The summed E-state index contributed by atoms with van der Waals surface area (Å²) in [6, 6.07) is 7.58. The van der Waals surface area contributed by atoms with Crippen molar-refractivity contribution in [3.63, 3.8) is 0 Å². The number of carbonyl (C=O) groups is 1. The molecular formula is C11H15BrN2O2. The molecule has 1 amide bonds. The minimum Gasteiger partial charge on any atom is -0.491 e.